The van der Waals surface area contributed by atoms with E-state index in [1.807, 2.05) is 24.3 Å². The molecule has 1 nitrogen and oxygen atoms in total. The molecular formula is C15H9F2NS. The molecule has 2 aromatic carbocycles. The van der Waals surface area contributed by atoms with Crippen LogP contribution in [-0.4, -0.2) is 4.98 Å². The first-order chi connectivity index (χ1) is 9.24. The second kappa shape index (κ2) is 4.90. The van der Waals surface area contributed by atoms with E-state index in [0.717, 1.165) is 21.3 Å². The Labute approximate surface area is 112 Å². The van der Waals surface area contributed by atoms with Gasteiger partial charge in [0.05, 0.1) is 10.2 Å². The number of rotatable bonds is 2. The maximum absolute atomic E-state index is 13.5. The van der Waals surface area contributed by atoms with E-state index in [4.69, 9.17) is 0 Å². The molecule has 0 saturated heterocycles. The summed E-state index contributed by atoms with van der Waals surface area (Å²) in [5.41, 5.74) is 1.13. The number of hydrogen-bond donors (Lipinski definition) is 0. The molecule has 0 N–H and O–H groups in total. The summed E-state index contributed by atoms with van der Waals surface area (Å²) in [5.74, 6) is -1.67. The van der Waals surface area contributed by atoms with E-state index >= 15 is 0 Å². The third-order valence-electron chi connectivity index (χ3n) is 2.70. The Hall–Kier alpha value is -2.07. The van der Waals surface area contributed by atoms with Gasteiger partial charge in [0.25, 0.3) is 0 Å². The zero-order valence-electron chi connectivity index (χ0n) is 9.81. The molecule has 0 saturated carbocycles. The third-order valence-corrected chi connectivity index (χ3v) is 3.70. The van der Waals surface area contributed by atoms with Gasteiger partial charge in [0.15, 0.2) is 11.6 Å². The van der Waals surface area contributed by atoms with Crippen LogP contribution in [0.3, 0.4) is 0 Å². The first kappa shape index (κ1) is 12.0. The van der Waals surface area contributed by atoms with E-state index in [1.54, 1.807) is 6.08 Å². The minimum absolute atomic E-state index is 0.222. The molecule has 0 aliphatic rings. The lowest BCUT2D eigenvalue weighted by atomic mass is 10.2. The molecule has 3 rings (SSSR count). The van der Waals surface area contributed by atoms with Crippen LogP contribution in [0.4, 0.5) is 8.78 Å². The molecule has 0 spiro atoms. The fourth-order valence-electron chi connectivity index (χ4n) is 1.77. The summed E-state index contributed by atoms with van der Waals surface area (Å²) in [6, 6.07) is 11.9. The molecule has 19 heavy (non-hydrogen) atoms. The van der Waals surface area contributed by atoms with Crippen LogP contribution in [0.15, 0.2) is 42.5 Å². The van der Waals surface area contributed by atoms with Gasteiger partial charge in [0, 0.05) is 5.56 Å². The average Bonchev–Trinajstić information content (AvgIpc) is 2.83. The van der Waals surface area contributed by atoms with Crippen LogP contribution in [0, 0.1) is 11.6 Å². The van der Waals surface area contributed by atoms with E-state index in [0.29, 0.717) is 0 Å². The van der Waals surface area contributed by atoms with Crippen LogP contribution in [0.5, 0.6) is 0 Å². The Morgan fingerprint density at radius 3 is 2.63 bits per heavy atom. The normalized spacial score (nSPS) is 11.5. The molecule has 4 heteroatoms. The largest absolute Gasteiger partial charge is 0.237 e. The molecule has 3 aromatic rings. The second-order valence-electron chi connectivity index (χ2n) is 4.00. The highest BCUT2D eigenvalue weighted by Crippen LogP contribution is 2.23. The molecule has 0 atom stereocenters. The standard InChI is InChI=1S/C15H9F2NS/c16-11-5-3-4-10(15(11)17)8-9-14-18-12-6-1-2-7-13(12)19-14/h1-9H/b9-8-. The Bertz CT molecular complexity index is 729. The monoisotopic (exact) mass is 273 g/mol. The number of fused-ring (bicyclic) bond motifs is 1. The van der Waals surface area contributed by atoms with Crippen molar-refractivity contribution in [1.82, 2.24) is 4.98 Å². The fourth-order valence-corrected chi connectivity index (χ4v) is 2.64. The molecule has 0 bridgehead atoms. The van der Waals surface area contributed by atoms with Gasteiger partial charge in [-0.05, 0) is 30.4 Å². The molecule has 0 aliphatic carbocycles. The summed E-state index contributed by atoms with van der Waals surface area (Å²) in [5, 5.41) is 0.768. The maximum atomic E-state index is 13.5. The van der Waals surface area contributed by atoms with Gasteiger partial charge in [-0.2, -0.15) is 0 Å². The van der Waals surface area contributed by atoms with Crippen molar-refractivity contribution < 1.29 is 8.78 Å². The van der Waals surface area contributed by atoms with E-state index in [-0.39, 0.29) is 5.56 Å². The summed E-state index contributed by atoms with van der Waals surface area (Å²) in [6.45, 7) is 0. The number of hydrogen-bond acceptors (Lipinski definition) is 2. The van der Waals surface area contributed by atoms with Crippen molar-refractivity contribution in [3.8, 4) is 0 Å². The van der Waals surface area contributed by atoms with Crippen molar-refractivity contribution in [2.45, 2.75) is 0 Å². The van der Waals surface area contributed by atoms with E-state index in [9.17, 15) is 8.78 Å². The lowest BCUT2D eigenvalue weighted by Crippen LogP contribution is -1.86. The highest BCUT2D eigenvalue weighted by molar-refractivity contribution is 7.19. The van der Waals surface area contributed by atoms with Crippen molar-refractivity contribution in [2.75, 3.05) is 0 Å². The topological polar surface area (TPSA) is 12.9 Å². The van der Waals surface area contributed by atoms with Crippen molar-refractivity contribution in [1.29, 1.82) is 0 Å². The van der Waals surface area contributed by atoms with Crippen LogP contribution >= 0.6 is 11.3 Å². The minimum Gasteiger partial charge on any atom is -0.237 e. The number of halogens is 2. The smallest absolute Gasteiger partial charge is 0.166 e. The summed E-state index contributed by atoms with van der Waals surface area (Å²) in [7, 11) is 0. The molecule has 1 heterocycles. The minimum atomic E-state index is -0.841. The molecule has 0 radical (unpaired) electrons. The molecule has 0 unspecified atom stereocenters. The predicted octanol–water partition coefficient (Wildman–Crippen LogP) is 4.74. The Balaban J connectivity index is 1.96. The van der Waals surface area contributed by atoms with Crippen LogP contribution in [0.25, 0.3) is 22.4 Å². The van der Waals surface area contributed by atoms with Crippen molar-refractivity contribution in [3.05, 3.63) is 64.7 Å². The van der Waals surface area contributed by atoms with Crippen molar-refractivity contribution in [2.24, 2.45) is 0 Å². The predicted molar refractivity (Wildman–Crippen MR) is 74.9 cm³/mol. The number of benzene rings is 2. The molecule has 0 fully saturated rings. The highest BCUT2D eigenvalue weighted by atomic mass is 32.1. The van der Waals surface area contributed by atoms with Crippen molar-refractivity contribution in [3.63, 3.8) is 0 Å². The summed E-state index contributed by atoms with van der Waals surface area (Å²) < 4.78 is 27.6. The number of aromatic nitrogens is 1. The Kier molecular flexibility index (Phi) is 3.09. The van der Waals surface area contributed by atoms with Gasteiger partial charge in [-0.25, -0.2) is 13.8 Å². The second-order valence-corrected chi connectivity index (χ2v) is 5.06. The average molecular weight is 273 g/mol. The van der Waals surface area contributed by atoms with Crippen LogP contribution in [-0.2, 0) is 0 Å². The van der Waals surface area contributed by atoms with Gasteiger partial charge >= 0.3 is 0 Å². The quantitative estimate of drug-likeness (QED) is 0.657. The van der Waals surface area contributed by atoms with Crippen LogP contribution in [0.1, 0.15) is 10.6 Å². The molecule has 1 aromatic heterocycles. The van der Waals surface area contributed by atoms with Gasteiger partial charge in [-0.1, -0.05) is 24.3 Å². The fraction of sp³-hybridized carbons (Fsp3) is 0. The van der Waals surface area contributed by atoms with Gasteiger partial charge in [-0.3, -0.25) is 0 Å². The molecular weight excluding hydrogens is 264 g/mol. The van der Waals surface area contributed by atoms with E-state index in [1.165, 1.54) is 29.5 Å². The van der Waals surface area contributed by atoms with Gasteiger partial charge in [0.1, 0.15) is 5.01 Å². The van der Waals surface area contributed by atoms with Crippen LogP contribution in [0.2, 0.25) is 0 Å². The van der Waals surface area contributed by atoms with E-state index < -0.39 is 11.6 Å². The van der Waals surface area contributed by atoms with Gasteiger partial charge in [-0.15, -0.1) is 11.3 Å². The lowest BCUT2D eigenvalue weighted by molar-refractivity contribution is 0.507. The Morgan fingerprint density at radius 2 is 1.79 bits per heavy atom. The first-order valence-corrected chi connectivity index (χ1v) is 6.53. The van der Waals surface area contributed by atoms with Crippen LogP contribution < -0.4 is 0 Å². The van der Waals surface area contributed by atoms with E-state index in [2.05, 4.69) is 4.98 Å². The molecule has 94 valence electrons. The van der Waals surface area contributed by atoms with Gasteiger partial charge < -0.3 is 0 Å². The lowest BCUT2D eigenvalue weighted by Gasteiger charge is -1.96. The SMILES string of the molecule is Fc1cccc(/C=C\c2nc3ccccc3s2)c1F. The van der Waals surface area contributed by atoms with Crippen molar-refractivity contribution >= 4 is 33.7 Å². The summed E-state index contributed by atoms with van der Waals surface area (Å²) in [4.78, 5) is 4.40. The number of para-hydroxylation sites is 1. The zero-order chi connectivity index (χ0) is 13.2. The molecule has 0 aliphatic heterocycles. The first-order valence-electron chi connectivity index (χ1n) is 5.72. The summed E-state index contributed by atoms with van der Waals surface area (Å²) in [6.07, 6.45) is 3.23. The zero-order valence-corrected chi connectivity index (χ0v) is 10.6. The number of thiazole rings is 1. The highest BCUT2D eigenvalue weighted by Gasteiger charge is 2.05. The third kappa shape index (κ3) is 2.39. The summed E-state index contributed by atoms with van der Waals surface area (Å²) >= 11 is 1.51. The Morgan fingerprint density at radius 1 is 0.947 bits per heavy atom. The maximum Gasteiger partial charge on any atom is 0.166 e. The molecule has 0 amide bonds. The van der Waals surface area contributed by atoms with Gasteiger partial charge in [0.2, 0.25) is 0 Å². The number of nitrogens with zero attached hydrogens (tertiary/aromatic N) is 1.